The second-order valence-electron chi connectivity index (χ2n) is 11.8. The van der Waals surface area contributed by atoms with E-state index in [0.29, 0.717) is 31.5 Å². The number of hydrogen-bond acceptors (Lipinski definition) is 3. The topological polar surface area (TPSA) is 44.4 Å². The number of amides is 1. The molecule has 4 nitrogen and oxygen atoms in total. The van der Waals surface area contributed by atoms with Gasteiger partial charge in [-0.2, -0.15) is 0 Å². The molecule has 2 aromatic carbocycles. The van der Waals surface area contributed by atoms with Crippen LogP contribution in [-0.4, -0.2) is 43.0 Å². The fourth-order valence-corrected chi connectivity index (χ4v) is 7.96. The highest BCUT2D eigenvalue weighted by Gasteiger charge is 2.51. The average molecular weight is 508 g/mol. The van der Waals surface area contributed by atoms with Gasteiger partial charge in [-0.15, -0.1) is 0 Å². The highest BCUT2D eigenvalue weighted by molar-refractivity contribution is 5.82. The number of likely N-dealkylation sites (tertiary alicyclic amines) is 1. The molecule has 2 saturated heterocycles. The Bertz CT molecular complexity index is 1120. The molecule has 1 spiro atoms. The first-order valence-electron chi connectivity index (χ1n) is 14.3. The van der Waals surface area contributed by atoms with Gasteiger partial charge in [-0.3, -0.25) is 4.79 Å². The highest BCUT2D eigenvalue weighted by Crippen LogP contribution is 2.45. The molecule has 1 amide bonds. The van der Waals surface area contributed by atoms with Gasteiger partial charge in [0.1, 0.15) is 0 Å². The highest BCUT2D eigenvalue weighted by atomic mass is 19.2. The maximum atomic E-state index is 14.6. The molecule has 6 heteroatoms. The van der Waals surface area contributed by atoms with Gasteiger partial charge in [0.2, 0.25) is 5.91 Å². The summed E-state index contributed by atoms with van der Waals surface area (Å²) in [4.78, 5) is 16.8. The Morgan fingerprint density at radius 1 is 0.973 bits per heavy atom. The van der Waals surface area contributed by atoms with Crippen molar-refractivity contribution in [2.45, 2.75) is 75.3 Å². The first kappa shape index (κ1) is 25.0. The maximum absolute atomic E-state index is 14.6. The molecule has 3 fully saturated rings. The number of halogens is 2. The summed E-state index contributed by atoms with van der Waals surface area (Å²) in [6.07, 6.45) is 8.90. The van der Waals surface area contributed by atoms with Crippen LogP contribution in [0.25, 0.3) is 0 Å². The molecule has 0 radical (unpaired) electrons. The molecule has 37 heavy (non-hydrogen) atoms. The number of carbonyl (C=O) groups is 1. The number of rotatable bonds is 3. The van der Waals surface area contributed by atoms with E-state index in [9.17, 15) is 13.6 Å². The van der Waals surface area contributed by atoms with Gasteiger partial charge in [0.05, 0.1) is 5.92 Å². The van der Waals surface area contributed by atoms with Crippen molar-refractivity contribution in [2.24, 2.45) is 11.8 Å². The van der Waals surface area contributed by atoms with E-state index in [0.717, 1.165) is 43.5 Å². The first-order chi connectivity index (χ1) is 18.1. The summed E-state index contributed by atoms with van der Waals surface area (Å²) in [5, 5.41) is 6.92. The van der Waals surface area contributed by atoms with Crippen molar-refractivity contribution in [2.75, 3.05) is 26.2 Å². The quantitative estimate of drug-likeness (QED) is 0.595. The molecule has 4 atom stereocenters. The molecular weight excluding hydrogens is 468 g/mol. The molecule has 3 heterocycles. The van der Waals surface area contributed by atoms with Gasteiger partial charge >= 0.3 is 0 Å². The zero-order chi connectivity index (χ0) is 25.4. The molecule has 198 valence electrons. The van der Waals surface area contributed by atoms with Crippen LogP contribution in [0.5, 0.6) is 0 Å². The molecule has 6 rings (SSSR count). The molecule has 0 aromatic heterocycles. The minimum atomic E-state index is -0.812. The second kappa shape index (κ2) is 10.5. The van der Waals surface area contributed by atoms with Gasteiger partial charge < -0.3 is 15.5 Å². The van der Waals surface area contributed by atoms with E-state index < -0.39 is 17.0 Å². The van der Waals surface area contributed by atoms with Crippen molar-refractivity contribution in [1.82, 2.24) is 15.5 Å². The van der Waals surface area contributed by atoms with Gasteiger partial charge in [0.25, 0.3) is 0 Å². The summed E-state index contributed by atoms with van der Waals surface area (Å²) in [7, 11) is 0. The third kappa shape index (κ3) is 4.61. The van der Waals surface area contributed by atoms with E-state index in [4.69, 9.17) is 0 Å². The zero-order valence-electron chi connectivity index (χ0n) is 21.7. The third-order valence-electron chi connectivity index (χ3n) is 9.89. The van der Waals surface area contributed by atoms with Gasteiger partial charge in [-0.05, 0) is 79.3 Å². The summed E-state index contributed by atoms with van der Waals surface area (Å²) in [6.45, 7) is 3.25. The van der Waals surface area contributed by atoms with E-state index >= 15 is 0 Å². The van der Waals surface area contributed by atoms with E-state index in [1.807, 2.05) is 0 Å². The fourth-order valence-electron chi connectivity index (χ4n) is 7.96. The number of carbonyl (C=O) groups excluding carboxylic acids is 1. The molecular formula is C31H39F2N3O. The van der Waals surface area contributed by atoms with Crippen LogP contribution in [0.4, 0.5) is 8.78 Å². The van der Waals surface area contributed by atoms with Crippen molar-refractivity contribution >= 4 is 5.91 Å². The van der Waals surface area contributed by atoms with Crippen LogP contribution < -0.4 is 10.6 Å². The minimum Gasteiger partial charge on any atom is -0.339 e. The average Bonchev–Trinajstić information content (AvgIpc) is 2.95. The molecule has 1 aliphatic carbocycles. The van der Waals surface area contributed by atoms with Crippen LogP contribution in [0.15, 0.2) is 42.5 Å². The van der Waals surface area contributed by atoms with Gasteiger partial charge in [0.15, 0.2) is 11.6 Å². The number of benzene rings is 2. The third-order valence-corrected chi connectivity index (χ3v) is 9.89. The predicted molar refractivity (Wildman–Crippen MR) is 141 cm³/mol. The maximum Gasteiger partial charge on any atom is 0.228 e. The standard InChI is InChI=1S/C31H39F2N3O/c32-27-15-24-18-35-20-31(25(24)17-28(27)33)12-13-34-19-26(31)30(37)36-14-11-23(21-7-3-1-4-8-21)16-29(36)22-9-5-2-6-10-22/h1,3-4,7-8,15,17,22-23,26,29,34-35H,2,5-6,9-14,16,18-20H2. The fraction of sp³-hybridized carbons (Fsp3) is 0.581. The Morgan fingerprint density at radius 2 is 1.76 bits per heavy atom. The van der Waals surface area contributed by atoms with Crippen LogP contribution >= 0.6 is 0 Å². The van der Waals surface area contributed by atoms with Crippen molar-refractivity contribution in [1.29, 1.82) is 0 Å². The predicted octanol–water partition coefficient (Wildman–Crippen LogP) is 5.27. The normalized spacial score (nSPS) is 30.8. The van der Waals surface area contributed by atoms with Gasteiger partial charge in [0, 0.05) is 37.6 Å². The van der Waals surface area contributed by atoms with Crippen LogP contribution in [0.1, 0.15) is 74.0 Å². The largest absolute Gasteiger partial charge is 0.339 e. The van der Waals surface area contributed by atoms with Gasteiger partial charge in [-0.25, -0.2) is 8.78 Å². The van der Waals surface area contributed by atoms with E-state index in [1.54, 1.807) is 0 Å². The number of fused-ring (bicyclic) bond motifs is 2. The number of piperidine rings is 2. The SMILES string of the molecule is O=C(C1CNCCC12CNCc1cc(F)c(F)cc12)N1CCC(c2ccccc2)CC1C1CCCCC1. The van der Waals surface area contributed by atoms with Crippen LogP contribution in [0.3, 0.4) is 0 Å². The lowest BCUT2D eigenvalue weighted by atomic mass is 9.62. The Hall–Kier alpha value is -2.31. The Kier molecular flexibility index (Phi) is 7.06. The van der Waals surface area contributed by atoms with Gasteiger partial charge in [-0.1, -0.05) is 49.6 Å². The molecule has 1 saturated carbocycles. The molecule has 4 aliphatic rings. The van der Waals surface area contributed by atoms with Crippen LogP contribution in [0.2, 0.25) is 0 Å². The van der Waals surface area contributed by atoms with E-state index in [1.165, 1.54) is 49.8 Å². The lowest BCUT2D eigenvalue weighted by Gasteiger charge is -2.51. The number of nitrogens with zero attached hydrogens (tertiary/aromatic N) is 1. The Morgan fingerprint density at radius 3 is 2.57 bits per heavy atom. The lowest BCUT2D eigenvalue weighted by molar-refractivity contribution is -0.145. The van der Waals surface area contributed by atoms with E-state index in [2.05, 4.69) is 45.9 Å². The number of hydrogen-bond donors (Lipinski definition) is 2. The number of nitrogens with one attached hydrogen (secondary N) is 2. The summed E-state index contributed by atoms with van der Waals surface area (Å²) in [5.41, 5.74) is 2.49. The van der Waals surface area contributed by atoms with Crippen molar-refractivity contribution in [3.8, 4) is 0 Å². The molecule has 4 unspecified atom stereocenters. The molecule has 0 bridgehead atoms. The monoisotopic (exact) mass is 507 g/mol. The Labute approximate surface area is 219 Å². The van der Waals surface area contributed by atoms with Crippen molar-refractivity contribution < 1.29 is 13.6 Å². The summed E-state index contributed by atoms with van der Waals surface area (Å²) in [5.74, 6) is -0.696. The van der Waals surface area contributed by atoms with Crippen LogP contribution in [-0.2, 0) is 16.8 Å². The second-order valence-corrected chi connectivity index (χ2v) is 11.8. The smallest absolute Gasteiger partial charge is 0.228 e. The van der Waals surface area contributed by atoms with Crippen LogP contribution in [0, 0.1) is 23.5 Å². The zero-order valence-corrected chi connectivity index (χ0v) is 21.7. The Balaban J connectivity index is 1.33. The van der Waals surface area contributed by atoms with E-state index in [-0.39, 0.29) is 17.9 Å². The first-order valence-corrected chi connectivity index (χ1v) is 14.3. The minimum absolute atomic E-state index is 0.202. The van der Waals surface area contributed by atoms with Crippen molar-refractivity contribution in [3.63, 3.8) is 0 Å². The summed E-state index contributed by atoms with van der Waals surface area (Å²) in [6, 6.07) is 13.7. The van der Waals surface area contributed by atoms with Crippen molar-refractivity contribution in [3.05, 3.63) is 70.8 Å². The molecule has 3 aliphatic heterocycles. The molecule has 2 N–H and O–H groups in total. The molecule has 2 aromatic rings. The lowest BCUT2D eigenvalue weighted by Crippen LogP contribution is -2.62. The summed E-state index contributed by atoms with van der Waals surface area (Å²) >= 11 is 0. The summed E-state index contributed by atoms with van der Waals surface area (Å²) < 4.78 is 28.7.